The molecule has 0 unspecified atom stereocenters. The van der Waals surface area contributed by atoms with Crippen LogP contribution in [0.5, 0.6) is 0 Å². The Bertz CT molecular complexity index is 750. The van der Waals surface area contributed by atoms with Crippen LogP contribution in [0.1, 0.15) is 21.7 Å². The maximum Gasteiger partial charge on any atom is 0.225 e. The molecule has 20 heavy (non-hydrogen) atoms. The molecule has 0 aliphatic carbocycles. The summed E-state index contributed by atoms with van der Waals surface area (Å²) in [7, 11) is 0. The molecule has 3 heterocycles. The van der Waals surface area contributed by atoms with Crippen molar-refractivity contribution < 1.29 is 0 Å². The lowest BCUT2D eigenvalue weighted by molar-refractivity contribution is 1.12. The fraction of sp³-hybridized carbons (Fsp3) is 0.308. The molecule has 0 amide bonds. The number of nitrogens with zero attached hydrogens (tertiary/aromatic N) is 3. The number of hydrogen-bond acceptors (Lipinski definition) is 6. The number of anilines is 1. The molecule has 0 fully saturated rings. The van der Waals surface area contributed by atoms with E-state index in [1.54, 1.807) is 22.7 Å². The molecule has 3 rings (SSSR count). The first-order valence-electron chi connectivity index (χ1n) is 6.27. The highest BCUT2D eigenvalue weighted by Crippen LogP contribution is 2.30. The van der Waals surface area contributed by atoms with Crippen LogP contribution in [0.4, 0.5) is 5.82 Å². The van der Waals surface area contributed by atoms with Crippen LogP contribution in [-0.4, -0.2) is 15.0 Å². The van der Waals surface area contributed by atoms with Crippen molar-refractivity contribution in [3.63, 3.8) is 0 Å². The second-order valence-electron chi connectivity index (χ2n) is 4.33. The third-order valence-corrected chi connectivity index (χ3v) is 5.12. The number of thiophene rings is 1. The number of hydrogen-bond donors (Lipinski definition) is 1. The van der Waals surface area contributed by atoms with Crippen LogP contribution >= 0.6 is 34.3 Å². The summed E-state index contributed by atoms with van der Waals surface area (Å²) in [6.45, 7) is 4.83. The smallest absolute Gasteiger partial charge is 0.225 e. The monoisotopic (exact) mass is 324 g/mol. The minimum Gasteiger partial charge on any atom is -0.364 e. The van der Waals surface area contributed by atoms with E-state index in [9.17, 15) is 0 Å². The number of rotatable bonds is 4. The van der Waals surface area contributed by atoms with Gasteiger partial charge >= 0.3 is 0 Å². The molecule has 0 aromatic carbocycles. The maximum absolute atomic E-state index is 6.00. The summed E-state index contributed by atoms with van der Waals surface area (Å²) in [6.07, 6.45) is 2.88. The van der Waals surface area contributed by atoms with Gasteiger partial charge in [-0.05, 0) is 31.0 Å². The van der Waals surface area contributed by atoms with E-state index in [0.29, 0.717) is 6.54 Å². The third kappa shape index (κ3) is 2.77. The molecule has 4 nitrogen and oxygen atoms in total. The van der Waals surface area contributed by atoms with Gasteiger partial charge in [0.05, 0.1) is 16.9 Å². The van der Waals surface area contributed by atoms with Gasteiger partial charge in [0.2, 0.25) is 5.28 Å². The van der Waals surface area contributed by atoms with Gasteiger partial charge in [-0.25, -0.2) is 15.0 Å². The van der Waals surface area contributed by atoms with Crippen LogP contribution in [-0.2, 0) is 13.0 Å². The van der Waals surface area contributed by atoms with Crippen molar-refractivity contribution in [1.82, 2.24) is 15.0 Å². The number of thiazole rings is 1. The van der Waals surface area contributed by atoms with Crippen LogP contribution in [0, 0.1) is 6.92 Å². The molecular weight excluding hydrogens is 312 g/mol. The molecule has 0 atom stereocenters. The molecule has 0 spiro atoms. The van der Waals surface area contributed by atoms with E-state index in [0.717, 1.165) is 27.5 Å². The van der Waals surface area contributed by atoms with Crippen LogP contribution < -0.4 is 5.32 Å². The van der Waals surface area contributed by atoms with Gasteiger partial charge in [-0.3, -0.25) is 0 Å². The molecule has 104 valence electrons. The van der Waals surface area contributed by atoms with Crippen molar-refractivity contribution in [3.05, 3.63) is 32.3 Å². The van der Waals surface area contributed by atoms with E-state index < -0.39 is 0 Å². The normalized spacial score (nSPS) is 11.2. The zero-order valence-corrected chi connectivity index (χ0v) is 13.5. The summed E-state index contributed by atoms with van der Waals surface area (Å²) < 4.78 is 0. The maximum atomic E-state index is 6.00. The summed E-state index contributed by atoms with van der Waals surface area (Å²) in [6, 6.07) is 2.14. The van der Waals surface area contributed by atoms with Crippen molar-refractivity contribution in [2.75, 3.05) is 5.32 Å². The predicted octanol–water partition coefficient (Wildman–Crippen LogP) is 4.28. The highest BCUT2D eigenvalue weighted by atomic mass is 35.5. The predicted molar refractivity (Wildman–Crippen MR) is 86.0 cm³/mol. The van der Waals surface area contributed by atoms with Gasteiger partial charge in [-0.1, -0.05) is 6.92 Å². The highest BCUT2D eigenvalue weighted by molar-refractivity contribution is 7.18. The van der Waals surface area contributed by atoms with Crippen molar-refractivity contribution >= 4 is 50.3 Å². The standard InChI is InChI=1S/C13H13ClN4S2/c1-3-8-4-10-11(17-13(14)18-12(10)20-8)16-6-9-5-15-7(2)19-9/h4-5H,3,6H2,1-2H3,(H,16,17,18). The fourth-order valence-corrected chi connectivity index (χ4v) is 3.83. The van der Waals surface area contributed by atoms with E-state index in [2.05, 4.69) is 33.3 Å². The van der Waals surface area contributed by atoms with Gasteiger partial charge in [0.15, 0.2) is 0 Å². The van der Waals surface area contributed by atoms with Gasteiger partial charge in [0.1, 0.15) is 10.6 Å². The zero-order valence-electron chi connectivity index (χ0n) is 11.1. The second kappa shape index (κ2) is 5.63. The van der Waals surface area contributed by atoms with Gasteiger partial charge in [0.25, 0.3) is 0 Å². The summed E-state index contributed by atoms with van der Waals surface area (Å²) in [5.74, 6) is 0.794. The van der Waals surface area contributed by atoms with Gasteiger partial charge in [0, 0.05) is 16.0 Å². The minimum absolute atomic E-state index is 0.282. The lowest BCUT2D eigenvalue weighted by Crippen LogP contribution is -2.01. The molecule has 3 aromatic heterocycles. The molecule has 3 aromatic rings. The lowest BCUT2D eigenvalue weighted by Gasteiger charge is -2.05. The fourth-order valence-electron chi connectivity index (χ4n) is 1.91. The average Bonchev–Trinajstić information content (AvgIpc) is 3.01. The molecular formula is C13H13ClN4S2. The van der Waals surface area contributed by atoms with E-state index in [-0.39, 0.29) is 5.28 Å². The van der Waals surface area contributed by atoms with Gasteiger partial charge in [-0.2, -0.15) is 0 Å². The van der Waals surface area contributed by atoms with Crippen molar-refractivity contribution in [2.24, 2.45) is 0 Å². The second-order valence-corrected chi connectivity index (χ2v) is 7.10. The summed E-state index contributed by atoms with van der Waals surface area (Å²) in [4.78, 5) is 16.2. The Kier molecular flexibility index (Phi) is 3.87. The Hall–Kier alpha value is -1.24. The average molecular weight is 325 g/mol. The topological polar surface area (TPSA) is 50.7 Å². The quantitative estimate of drug-likeness (QED) is 0.727. The summed E-state index contributed by atoms with van der Waals surface area (Å²) in [5.41, 5.74) is 0. The van der Waals surface area contributed by atoms with Gasteiger partial charge in [-0.15, -0.1) is 22.7 Å². The minimum atomic E-state index is 0.282. The van der Waals surface area contributed by atoms with Crippen molar-refractivity contribution in [3.8, 4) is 0 Å². The molecule has 0 saturated carbocycles. The van der Waals surface area contributed by atoms with Crippen LogP contribution in [0.25, 0.3) is 10.2 Å². The molecule has 1 N–H and O–H groups in total. The highest BCUT2D eigenvalue weighted by Gasteiger charge is 2.10. The van der Waals surface area contributed by atoms with Crippen LogP contribution in [0.3, 0.4) is 0 Å². The SMILES string of the molecule is CCc1cc2c(NCc3cnc(C)s3)nc(Cl)nc2s1. The first-order valence-corrected chi connectivity index (χ1v) is 8.28. The van der Waals surface area contributed by atoms with Crippen LogP contribution in [0.15, 0.2) is 12.3 Å². The molecule has 0 saturated heterocycles. The van der Waals surface area contributed by atoms with E-state index in [1.807, 2.05) is 13.1 Å². The number of nitrogens with one attached hydrogen (secondary N) is 1. The van der Waals surface area contributed by atoms with Crippen molar-refractivity contribution in [2.45, 2.75) is 26.8 Å². The Morgan fingerprint density at radius 3 is 2.80 bits per heavy atom. The Balaban J connectivity index is 1.91. The Morgan fingerprint density at radius 2 is 2.10 bits per heavy atom. The van der Waals surface area contributed by atoms with E-state index >= 15 is 0 Å². The van der Waals surface area contributed by atoms with Gasteiger partial charge < -0.3 is 5.32 Å². The van der Waals surface area contributed by atoms with E-state index in [1.165, 1.54) is 9.75 Å². The first-order chi connectivity index (χ1) is 9.65. The number of halogens is 1. The molecule has 0 aliphatic rings. The number of aromatic nitrogens is 3. The zero-order chi connectivity index (χ0) is 14.1. The molecule has 7 heteroatoms. The number of fused-ring (bicyclic) bond motifs is 1. The number of aryl methyl sites for hydroxylation is 2. The third-order valence-electron chi connectivity index (χ3n) is 2.86. The van der Waals surface area contributed by atoms with Crippen LogP contribution in [0.2, 0.25) is 5.28 Å². The molecule has 0 bridgehead atoms. The molecule has 0 radical (unpaired) electrons. The lowest BCUT2D eigenvalue weighted by atomic mass is 10.3. The first kappa shape index (κ1) is 13.7. The Labute approximate surface area is 129 Å². The Morgan fingerprint density at radius 1 is 1.25 bits per heavy atom. The molecule has 0 aliphatic heterocycles. The summed E-state index contributed by atoms with van der Waals surface area (Å²) in [5, 5.41) is 5.72. The van der Waals surface area contributed by atoms with Crippen molar-refractivity contribution in [1.29, 1.82) is 0 Å². The summed E-state index contributed by atoms with van der Waals surface area (Å²) >= 11 is 9.34. The largest absolute Gasteiger partial charge is 0.364 e. The van der Waals surface area contributed by atoms with E-state index in [4.69, 9.17) is 11.6 Å².